The number of rotatable bonds is 12. The molecular weight excluding hydrogens is 388 g/mol. The number of hydrogen-bond acceptors (Lipinski definition) is 7. The van der Waals surface area contributed by atoms with Crippen molar-refractivity contribution in [3.8, 4) is 17.2 Å². The molecule has 30 heavy (non-hydrogen) atoms. The van der Waals surface area contributed by atoms with E-state index in [1.807, 2.05) is 38.1 Å². The number of ketones is 1. The van der Waals surface area contributed by atoms with Crippen LogP contribution in [0.15, 0.2) is 42.5 Å². The standard InChI is InChI=1S/C23H28O7/c1-5-28-23(29-6-2)17-10-7-16(8-11-17)9-13-19(24)18-12-14-20(30-15-26-3)22(27-4)21(18)25/h7-14,23,25H,5-6,15H2,1-4H3/b13-9+. The largest absolute Gasteiger partial charge is 0.504 e. The molecule has 7 nitrogen and oxygen atoms in total. The van der Waals surface area contributed by atoms with Crippen LogP contribution < -0.4 is 9.47 Å². The summed E-state index contributed by atoms with van der Waals surface area (Å²) < 4.78 is 26.5. The Morgan fingerprint density at radius 3 is 2.27 bits per heavy atom. The molecule has 2 aromatic rings. The van der Waals surface area contributed by atoms with Crippen LogP contribution in [0.4, 0.5) is 0 Å². The molecule has 7 heteroatoms. The van der Waals surface area contributed by atoms with E-state index in [0.29, 0.717) is 13.2 Å². The van der Waals surface area contributed by atoms with E-state index in [9.17, 15) is 9.90 Å². The molecule has 0 amide bonds. The molecule has 0 heterocycles. The first kappa shape index (κ1) is 23.4. The number of allylic oxidation sites excluding steroid dienone is 1. The lowest BCUT2D eigenvalue weighted by atomic mass is 10.1. The zero-order valence-electron chi connectivity index (χ0n) is 17.7. The van der Waals surface area contributed by atoms with Crippen LogP contribution in [0.3, 0.4) is 0 Å². The van der Waals surface area contributed by atoms with Gasteiger partial charge in [-0.1, -0.05) is 30.3 Å². The van der Waals surface area contributed by atoms with Gasteiger partial charge in [-0.2, -0.15) is 0 Å². The summed E-state index contributed by atoms with van der Waals surface area (Å²) in [5.41, 5.74) is 1.83. The molecule has 1 N–H and O–H groups in total. The highest BCUT2D eigenvalue weighted by molar-refractivity contribution is 6.09. The Morgan fingerprint density at radius 2 is 1.70 bits per heavy atom. The lowest BCUT2D eigenvalue weighted by Crippen LogP contribution is -2.08. The quantitative estimate of drug-likeness (QED) is 0.313. The van der Waals surface area contributed by atoms with Crippen LogP contribution in [0, 0.1) is 0 Å². The van der Waals surface area contributed by atoms with Gasteiger partial charge in [0.1, 0.15) is 0 Å². The lowest BCUT2D eigenvalue weighted by Gasteiger charge is -2.17. The summed E-state index contributed by atoms with van der Waals surface area (Å²) in [6.07, 6.45) is 2.65. The molecular formula is C23H28O7. The van der Waals surface area contributed by atoms with Crippen molar-refractivity contribution < 1.29 is 33.6 Å². The van der Waals surface area contributed by atoms with E-state index in [-0.39, 0.29) is 35.4 Å². The van der Waals surface area contributed by atoms with Gasteiger partial charge in [-0.3, -0.25) is 4.79 Å². The minimum atomic E-state index is -0.414. The van der Waals surface area contributed by atoms with Gasteiger partial charge in [0.25, 0.3) is 0 Å². The van der Waals surface area contributed by atoms with Crippen LogP contribution in [0.2, 0.25) is 0 Å². The first-order valence-electron chi connectivity index (χ1n) is 9.62. The van der Waals surface area contributed by atoms with Crippen LogP contribution in [0.25, 0.3) is 6.08 Å². The molecule has 2 rings (SSSR count). The first-order chi connectivity index (χ1) is 14.5. The average Bonchev–Trinajstić information content (AvgIpc) is 2.76. The van der Waals surface area contributed by atoms with Gasteiger partial charge in [0.15, 0.2) is 30.4 Å². The molecule has 0 aliphatic carbocycles. The second-order valence-electron chi connectivity index (χ2n) is 6.15. The Kier molecular flexibility index (Phi) is 9.34. The highest BCUT2D eigenvalue weighted by atomic mass is 16.7. The Hall–Kier alpha value is -2.87. The molecule has 0 saturated carbocycles. The van der Waals surface area contributed by atoms with Crippen LogP contribution in [0.5, 0.6) is 17.2 Å². The van der Waals surface area contributed by atoms with E-state index in [4.69, 9.17) is 23.7 Å². The molecule has 162 valence electrons. The summed E-state index contributed by atoms with van der Waals surface area (Å²) >= 11 is 0. The molecule has 0 aliphatic heterocycles. The number of methoxy groups -OCH3 is 2. The van der Waals surface area contributed by atoms with Gasteiger partial charge < -0.3 is 28.8 Å². The Balaban J connectivity index is 2.15. The molecule has 0 spiro atoms. The Bertz CT molecular complexity index is 837. The van der Waals surface area contributed by atoms with Crippen molar-refractivity contribution in [2.24, 2.45) is 0 Å². The van der Waals surface area contributed by atoms with E-state index in [0.717, 1.165) is 11.1 Å². The summed E-state index contributed by atoms with van der Waals surface area (Å²) in [6.45, 7) is 4.91. The number of carbonyl (C=O) groups excluding carboxylic acids is 1. The summed E-state index contributed by atoms with van der Waals surface area (Å²) in [6, 6.07) is 10.5. The maximum Gasteiger partial charge on any atom is 0.203 e. The number of phenolic OH excluding ortho intramolecular Hbond substituents is 1. The van der Waals surface area contributed by atoms with Gasteiger partial charge in [-0.25, -0.2) is 0 Å². The molecule has 0 fully saturated rings. The molecule has 0 unspecified atom stereocenters. The fourth-order valence-corrected chi connectivity index (χ4v) is 2.75. The van der Waals surface area contributed by atoms with Crippen molar-refractivity contribution in [3.05, 3.63) is 59.2 Å². The number of carbonyl (C=O) groups is 1. The average molecular weight is 416 g/mol. The zero-order chi connectivity index (χ0) is 21.9. The van der Waals surface area contributed by atoms with E-state index < -0.39 is 6.29 Å². The predicted octanol–water partition coefficient (Wildman–Crippen LogP) is 4.35. The number of hydrogen-bond donors (Lipinski definition) is 1. The molecule has 2 aromatic carbocycles. The third-order valence-corrected chi connectivity index (χ3v) is 4.17. The van der Waals surface area contributed by atoms with E-state index in [2.05, 4.69) is 0 Å². The predicted molar refractivity (Wildman–Crippen MR) is 113 cm³/mol. The van der Waals surface area contributed by atoms with Crippen molar-refractivity contribution in [1.29, 1.82) is 0 Å². The molecule has 0 saturated heterocycles. The van der Waals surface area contributed by atoms with Gasteiger partial charge in [-0.15, -0.1) is 0 Å². The maximum absolute atomic E-state index is 12.6. The SMILES string of the molecule is CCOC(OCC)c1ccc(/C=C/C(=O)c2ccc(OCOC)c(OC)c2O)cc1. The van der Waals surface area contributed by atoms with Gasteiger partial charge in [0.2, 0.25) is 5.75 Å². The summed E-state index contributed by atoms with van der Waals surface area (Å²) in [5, 5.41) is 10.4. The van der Waals surface area contributed by atoms with E-state index >= 15 is 0 Å². The zero-order valence-corrected chi connectivity index (χ0v) is 17.7. The van der Waals surface area contributed by atoms with Crippen molar-refractivity contribution in [2.75, 3.05) is 34.2 Å². The second kappa shape index (κ2) is 12.0. The van der Waals surface area contributed by atoms with E-state index in [1.54, 1.807) is 12.1 Å². The summed E-state index contributed by atoms with van der Waals surface area (Å²) in [4.78, 5) is 12.6. The lowest BCUT2D eigenvalue weighted by molar-refractivity contribution is -0.140. The van der Waals surface area contributed by atoms with Crippen LogP contribution in [-0.2, 0) is 14.2 Å². The maximum atomic E-state index is 12.6. The fourth-order valence-electron chi connectivity index (χ4n) is 2.75. The van der Waals surface area contributed by atoms with Crippen molar-refractivity contribution in [3.63, 3.8) is 0 Å². The monoisotopic (exact) mass is 416 g/mol. The number of aromatic hydroxyl groups is 1. The van der Waals surface area contributed by atoms with Crippen molar-refractivity contribution in [1.82, 2.24) is 0 Å². The smallest absolute Gasteiger partial charge is 0.203 e. The number of phenols is 1. The molecule has 0 radical (unpaired) electrons. The van der Waals surface area contributed by atoms with Gasteiger partial charge in [-0.05, 0) is 37.6 Å². The number of ether oxygens (including phenoxy) is 5. The van der Waals surface area contributed by atoms with Crippen molar-refractivity contribution >= 4 is 11.9 Å². The third kappa shape index (κ3) is 6.06. The van der Waals surface area contributed by atoms with Gasteiger partial charge in [0, 0.05) is 25.9 Å². The van der Waals surface area contributed by atoms with Crippen LogP contribution in [0.1, 0.15) is 41.6 Å². The highest BCUT2D eigenvalue weighted by Gasteiger charge is 2.18. The second-order valence-corrected chi connectivity index (χ2v) is 6.15. The Labute approximate surface area is 176 Å². The fraction of sp³-hybridized carbons (Fsp3) is 0.348. The third-order valence-electron chi connectivity index (χ3n) is 4.17. The minimum Gasteiger partial charge on any atom is -0.504 e. The minimum absolute atomic E-state index is 0.00750. The first-order valence-corrected chi connectivity index (χ1v) is 9.62. The molecule has 0 aliphatic rings. The topological polar surface area (TPSA) is 83.5 Å². The summed E-state index contributed by atoms with van der Waals surface area (Å²) in [7, 11) is 2.87. The van der Waals surface area contributed by atoms with Crippen LogP contribution >= 0.6 is 0 Å². The molecule has 0 bridgehead atoms. The molecule has 0 atom stereocenters. The molecule has 0 aromatic heterocycles. The normalized spacial score (nSPS) is 11.2. The Morgan fingerprint density at radius 1 is 1.03 bits per heavy atom. The number of benzene rings is 2. The van der Waals surface area contributed by atoms with Crippen molar-refractivity contribution in [2.45, 2.75) is 20.1 Å². The van der Waals surface area contributed by atoms with Crippen LogP contribution in [-0.4, -0.2) is 45.1 Å². The van der Waals surface area contributed by atoms with Gasteiger partial charge >= 0.3 is 0 Å². The summed E-state index contributed by atoms with van der Waals surface area (Å²) in [5.74, 6) is -0.290. The van der Waals surface area contributed by atoms with Gasteiger partial charge in [0.05, 0.1) is 12.7 Å². The highest BCUT2D eigenvalue weighted by Crippen LogP contribution is 2.39. The van der Waals surface area contributed by atoms with E-state index in [1.165, 1.54) is 26.4 Å².